The van der Waals surface area contributed by atoms with Gasteiger partial charge in [0, 0.05) is 71.3 Å². The number of nitrogens with one attached hydrogen (secondary N) is 11. The molecule has 562 valence electrons. The van der Waals surface area contributed by atoms with E-state index in [9.17, 15) is 43.5 Å². The summed E-state index contributed by atoms with van der Waals surface area (Å²) < 4.78 is 6.30. The predicted molar refractivity (Wildman–Crippen MR) is 380 cm³/mol. The number of amides is 10. The number of phenols is 1. The largest absolute Gasteiger partial charge is 0.508 e. The van der Waals surface area contributed by atoms with Crippen LogP contribution >= 0.6 is 23.5 Å². The van der Waals surface area contributed by atoms with Crippen LogP contribution in [-0.4, -0.2) is 191 Å². The summed E-state index contributed by atoms with van der Waals surface area (Å²) in [5.74, 6) is -10.9. The quantitative estimate of drug-likeness (QED) is 0.0463. The maximum absolute atomic E-state index is 15.3. The van der Waals surface area contributed by atoms with Crippen LogP contribution in [0, 0.1) is 5.92 Å². The fraction of sp³-hybridized carbons (Fsp3) is 0.478. The van der Waals surface area contributed by atoms with Crippen molar-refractivity contribution in [1.29, 1.82) is 0 Å². The van der Waals surface area contributed by atoms with E-state index in [1.165, 1.54) is 67.2 Å². The van der Waals surface area contributed by atoms with Crippen LogP contribution in [0.4, 0.5) is 0 Å². The number of benzene rings is 3. The number of fused-ring (bicyclic) bond motifs is 6. The Hall–Kier alpha value is -10.3. The molecule has 0 aliphatic carbocycles. The Kier molecular flexibility index (Phi) is 32.5. The molecule has 33 nitrogen and oxygen atoms in total. The topological polar surface area (TPSA) is 472 Å². The Morgan fingerprint density at radius 1 is 0.615 bits per heavy atom. The number of phenolic OH excluding ortho intramolecular Hbond substituents is 1. The molecule has 5 aromatic rings. The Bertz CT molecular complexity index is 3780. The maximum atomic E-state index is 15.3. The van der Waals surface area contributed by atoms with E-state index in [1.54, 1.807) is 30.5 Å². The van der Waals surface area contributed by atoms with Gasteiger partial charge in [0.15, 0.2) is 0 Å². The number of nitrogens with two attached hydrogens (primary N) is 1. The van der Waals surface area contributed by atoms with E-state index < -0.39 is 151 Å². The normalized spacial score (nSPS) is 22.9. The summed E-state index contributed by atoms with van der Waals surface area (Å²) in [5, 5.41) is 38.7. The second kappa shape index (κ2) is 41.7. The highest BCUT2D eigenvalue weighted by Crippen LogP contribution is 2.27. The molecule has 2 aliphatic heterocycles. The number of imidazole rings is 1. The molecule has 4 bridgehead atoms. The average Bonchev–Trinajstić information content (AvgIpc) is 1.63. The van der Waals surface area contributed by atoms with Crippen LogP contribution in [0.15, 0.2) is 90.6 Å². The lowest BCUT2D eigenvalue weighted by molar-refractivity contribution is -0.255. The number of aromatic hydroxyl groups is 1. The number of oxime groups is 1. The van der Waals surface area contributed by atoms with Gasteiger partial charge >= 0.3 is 11.9 Å². The molecular weight excluding hydrogens is 1390 g/mol. The third-order valence-electron chi connectivity index (χ3n) is 16.4. The summed E-state index contributed by atoms with van der Waals surface area (Å²) in [5.41, 5.74) is 9.09. The van der Waals surface area contributed by atoms with Crippen LogP contribution in [0.2, 0.25) is 0 Å². The van der Waals surface area contributed by atoms with Gasteiger partial charge in [0.25, 0.3) is 5.91 Å². The average molecular weight is 1480 g/mol. The van der Waals surface area contributed by atoms with Gasteiger partial charge in [0.2, 0.25) is 53.2 Å². The molecule has 0 unspecified atom stereocenters. The van der Waals surface area contributed by atoms with Crippen LogP contribution in [0.25, 0.3) is 10.9 Å². The standard InChI is InChI=1S/C69H90N14O19S2/c1-39(2)24-52-66(93)83-57-37-104-35-43-25-42(26-47(27-43)99-22-10-6-7-11-23-100-74-33-58(85)76-52)34-103-36-56(61(70)88)82-62(89)40(3)75-65(92)55(30-45-32-71-38-73-45)81-64(91)51(19-21-60(87)102-98-5)78-68(95)54(29-44-31-72-49-13-9-8-12-48(44)49)80-63(90)50(18-20-59(86)101-97-4)77-67(94)53(79-69(57)96)28-41-14-16-46(84)17-15-41/h8-9,12-17,25-27,31-33,38-40,50-57,72,84H,6-7,10-11,18-24,28-30,34-37H2,1-5H3,(H2,70,88)(H,71,73)(H,75,92)(H,76,85)(H,77,94)(H,78,95)(H,79,96)(H,80,90)(H,81,91)(H,82,89)(H,83,93)/b74-33+/t40-,50-,51+,52-,53-,54-,55-,56-,57-/m0/s1. The van der Waals surface area contributed by atoms with Crippen molar-refractivity contribution in [2.45, 2.75) is 164 Å². The van der Waals surface area contributed by atoms with E-state index in [4.69, 9.17) is 20.2 Å². The molecule has 2 aromatic heterocycles. The van der Waals surface area contributed by atoms with Crippen LogP contribution in [-0.2, 0) is 113 Å². The number of para-hydroxylation sites is 1. The molecule has 0 saturated carbocycles. The van der Waals surface area contributed by atoms with Crippen molar-refractivity contribution in [3.63, 3.8) is 0 Å². The molecule has 0 fully saturated rings. The van der Waals surface area contributed by atoms with E-state index in [0.717, 1.165) is 33.3 Å². The molecule has 2 aliphatic rings. The lowest BCUT2D eigenvalue weighted by Gasteiger charge is -2.28. The number of carbonyl (C=O) groups excluding carboxylic acids is 12. The molecule has 4 heterocycles. The van der Waals surface area contributed by atoms with Gasteiger partial charge in [0.1, 0.15) is 78.7 Å². The minimum absolute atomic E-state index is 0.0496. The van der Waals surface area contributed by atoms with E-state index in [0.29, 0.717) is 64.0 Å². The first-order valence-corrected chi connectivity index (χ1v) is 36.1. The number of ether oxygens (including phenoxy) is 1. The monoisotopic (exact) mass is 1480 g/mol. The molecule has 0 spiro atoms. The number of hydrogen-bond acceptors (Lipinski definition) is 23. The predicted octanol–water partition coefficient (Wildman–Crippen LogP) is 1.44. The van der Waals surface area contributed by atoms with Gasteiger partial charge < -0.3 is 78.2 Å². The van der Waals surface area contributed by atoms with Crippen molar-refractivity contribution in [2.24, 2.45) is 16.8 Å². The number of aromatic nitrogens is 3. The molecule has 3 aromatic carbocycles. The van der Waals surface area contributed by atoms with Crippen LogP contribution in [0.3, 0.4) is 0 Å². The first-order valence-electron chi connectivity index (χ1n) is 33.8. The summed E-state index contributed by atoms with van der Waals surface area (Å²) in [6.07, 6.45) is 4.88. The smallest absolute Gasteiger partial charge is 0.342 e. The number of carbonyl (C=O) groups is 12. The van der Waals surface area contributed by atoms with E-state index in [-0.39, 0.29) is 67.0 Å². The molecule has 104 heavy (non-hydrogen) atoms. The van der Waals surface area contributed by atoms with Crippen molar-refractivity contribution >= 4 is 112 Å². The van der Waals surface area contributed by atoms with Gasteiger partial charge in [-0.15, -0.1) is 0 Å². The molecule has 7 rings (SSSR count). The Balaban J connectivity index is 1.34. The van der Waals surface area contributed by atoms with Gasteiger partial charge in [-0.2, -0.15) is 33.3 Å². The molecule has 14 N–H and O–H groups in total. The zero-order valence-corrected chi connectivity index (χ0v) is 59.9. The third kappa shape index (κ3) is 26.8. The highest BCUT2D eigenvalue weighted by molar-refractivity contribution is 7.98. The number of aromatic amines is 2. The molecule has 0 radical (unpaired) electrons. The Morgan fingerprint density at radius 2 is 1.18 bits per heavy atom. The lowest BCUT2D eigenvalue weighted by atomic mass is 10.0. The van der Waals surface area contributed by atoms with Gasteiger partial charge in [-0.05, 0) is 110 Å². The van der Waals surface area contributed by atoms with Crippen LogP contribution in [0.1, 0.15) is 107 Å². The SMILES string of the molecule is COOC(=O)CC[C@@H]1NC(=O)[C@H](Cc2ccc(O)cc2)NC(=O)[C@@H]2CSCc3cc(cc(c3)OCCCCCCO/N=C/C(=O)N[C@@H](CC(C)C)C(=O)N2)CSC[C@@H](C(N)=O)NC(=O)[C@H](C)NC(=O)[C@H](Cc2cnc[nH]2)NC(=O)[C@@H](CCC(=O)OOC)NC(=O)[C@H](Cc2c[nH]c3ccccc23)NC1=O. The molecule has 0 saturated heterocycles. The Morgan fingerprint density at radius 3 is 1.80 bits per heavy atom. The first-order chi connectivity index (χ1) is 49.9. The number of primary amides is 1. The number of nitrogens with zero attached hydrogens (tertiary/aromatic N) is 2. The van der Waals surface area contributed by atoms with Crippen molar-refractivity contribution in [3.05, 3.63) is 113 Å². The van der Waals surface area contributed by atoms with E-state index in [2.05, 4.69) is 82.6 Å². The van der Waals surface area contributed by atoms with Crippen molar-refractivity contribution < 1.29 is 91.8 Å². The van der Waals surface area contributed by atoms with Gasteiger partial charge in [-0.1, -0.05) is 55.4 Å². The maximum Gasteiger partial charge on any atom is 0.342 e. The first kappa shape index (κ1) is 81.0. The number of hydrogen-bond donors (Lipinski definition) is 13. The zero-order chi connectivity index (χ0) is 75.1. The summed E-state index contributed by atoms with van der Waals surface area (Å²) in [7, 11) is 2.13. The molecule has 35 heteroatoms. The molecule has 9 atom stereocenters. The fourth-order valence-electron chi connectivity index (χ4n) is 11.1. The summed E-state index contributed by atoms with van der Waals surface area (Å²) >= 11 is 2.45. The van der Waals surface area contributed by atoms with E-state index >= 15 is 19.2 Å². The summed E-state index contributed by atoms with van der Waals surface area (Å²) in [6.45, 7) is 5.49. The minimum atomic E-state index is -1.77. The van der Waals surface area contributed by atoms with Gasteiger partial charge in [-0.3, -0.25) is 57.7 Å². The highest BCUT2D eigenvalue weighted by Gasteiger charge is 2.37. The number of H-pyrrole nitrogens is 2. The summed E-state index contributed by atoms with van der Waals surface area (Å²) in [4.78, 5) is 205. The second-order valence-corrected chi connectivity index (χ2v) is 27.2. The third-order valence-corrected chi connectivity index (χ3v) is 18.6. The zero-order valence-electron chi connectivity index (χ0n) is 58.2. The number of rotatable bonds is 17. The fourth-order valence-corrected chi connectivity index (χ4v) is 13.1. The minimum Gasteiger partial charge on any atom is -0.508 e. The van der Waals surface area contributed by atoms with Crippen LogP contribution in [0.5, 0.6) is 11.5 Å². The van der Waals surface area contributed by atoms with Gasteiger partial charge in [0.05, 0.1) is 40.0 Å². The number of thioether (sulfide) groups is 2. The highest BCUT2D eigenvalue weighted by atomic mass is 32.2. The lowest BCUT2D eigenvalue weighted by Crippen LogP contribution is -2.61. The van der Waals surface area contributed by atoms with Crippen molar-refractivity contribution in [2.75, 3.05) is 38.9 Å². The van der Waals surface area contributed by atoms with Crippen molar-refractivity contribution in [3.8, 4) is 11.5 Å². The molecular formula is C69H90N14O19S2. The van der Waals surface area contributed by atoms with Crippen molar-refractivity contribution in [1.82, 2.24) is 62.8 Å². The Labute approximate surface area is 607 Å². The van der Waals surface area contributed by atoms with Gasteiger partial charge in [-0.25, -0.2) is 14.6 Å². The van der Waals surface area contributed by atoms with Crippen LogP contribution < -0.4 is 58.3 Å². The second-order valence-electron chi connectivity index (χ2n) is 25.1. The summed E-state index contributed by atoms with van der Waals surface area (Å²) in [6, 6.07) is 4.39. The van der Waals surface area contributed by atoms with E-state index in [1.807, 2.05) is 32.0 Å². The molecule has 10 amide bonds.